The van der Waals surface area contributed by atoms with Gasteiger partial charge in [-0.3, -0.25) is 0 Å². The normalized spacial score (nSPS) is 10.8. The van der Waals surface area contributed by atoms with Gasteiger partial charge in [-0.1, -0.05) is 18.2 Å². The molecule has 0 heterocycles. The van der Waals surface area contributed by atoms with E-state index in [0.717, 1.165) is 11.1 Å². The summed E-state index contributed by atoms with van der Waals surface area (Å²) in [5.74, 6) is -0.260. The first kappa shape index (κ1) is 13.5. The van der Waals surface area contributed by atoms with Gasteiger partial charge in [-0.05, 0) is 48.7 Å². The van der Waals surface area contributed by atoms with E-state index in [1.807, 2.05) is 19.9 Å². The quantitative estimate of drug-likeness (QED) is 0.781. The number of rotatable bonds is 3. The Balaban J connectivity index is 2.37. The third-order valence-corrected chi connectivity index (χ3v) is 2.80. The Morgan fingerprint density at radius 1 is 1.00 bits per heavy atom. The monoisotopic (exact) mass is 266 g/mol. The van der Waals surface area contributed by atoms with Gasteiger partial charge in [0, 0.05) is 5.56 Å². The van der Waals surface area contributed by atoms with Crippen LogP contribution in [0.2, 0.25) is 0 Å². The molecule has 2 aromatic carbocycles. The highest BCUT2D eigenvalue weighted by Crippen LogP contribution is 2.29. The smallest absolute Gasteiger partial charge is 0.387 e. The second-order valence-corrected chi connectivity index (χ2v) is 4.34. The lowest BCUT2D eigenvalue weighted by Gasteiger charge is -2.10. The average molecular weight is 266 g/mol. The van der Waals surface area contributed by atoms with Crippen LogP contribution in [0, 0.1) is 19.7 Å². The van der Waals surface area contributed by atoms with Gasteiger partial charge in [0.15, 0.2) is 0 Å². The van der Waals surface area contributed by atoms with E-state index in [4.69, 9.17) is 0 Å². The van der Waals surface area contributed by atoms with Gasteiger partial charge in [-0.2, -0.15) is 8.78 Å². The molecule has 0 bridgehead atoms. The van der Waals surface area contributed by atoms with E-state index in [1.165, 1.54) is 18.2 Å². The fourth-order valence-electron chi connectivity index (χ4n) is 2.08. The summed E-state index contributed by atoms with van der Waals surface area (Å²) < 4.78 is 42.3. The molecule has 19 heavy (non-hydrogen) atoms. The highest BCUT2D eigenvalue weighted by Gasteiger charge is 2.10. The average Bonchev–Trinajstić information content (AvgIpc) is 2.29. The number of benzene rings is 2. The Kier molecular flexibility index (Phi) is 3.79. The lowest BCUT2D eigenvalue weighted by atomic mass is 9.98. The minimum absolute atomic E-state index is 0.0592. The topological polar surface area (TPSA) is 9.23 Å². The summed E-state index contributed by atoms with van der Waals surface area (Å²) in [7, 11) is 0. The molecule has 0 aliphatic rings. The number of alkyl halides is 2. The minimum atomic E-state index is -2.86. The van der Waals surface area contributed by atoms with Gasteiger partial charge in [0.25, 0.3) is 0 Å². The molecular weight excluding hydrogens is 253 g/mol. The van der Waals surface area contributed by atoms with Crippen molar-refractivity contribution in [3.8, 4) is 16.9 Å². The van der Waals surface area contributed by atoms with Crippen molar-refractivity contribution < 1.29 is 17.9 Å². The Labute approximate surface area is 109 Å². The molecule has 0 atom stereocenters. The van der Waals surface area contributed by atoms with Crippen molar-refractivity contribution in [3.63, 3.8) is 0 Å². The number of halogens is 3. The van der Waals surface area contributed by atoms with Crippen LogP contribution < -0.4 is 4.74 Å². The molecule has 1 nitrogen and oxygen atoms in total. The lowest BCUT2D eigenvalue weighted by Crippen LogP contribution is -2.01. The van der Waals surface area contributed by atoms with Crippen LogP contribution in [0.15, 0.2) is 36.4 Å². The van der Waals surface area contributed by atoms with Crippen LogP contribution in [0.1, 0.15) is 11.1 Å². The molecule has 100 valence electrons. The second kappa shape index (κ2) is 5.34. The van der Waals surface area contributed by atoms with Gasteiger partial charge in [0.1, 0.15) is 11.6 Å². The third-order valence-electron chi connectivity index (χ3n) is 2.80. The van der Waals surface area contributed by atoms with Crippen molar-refractivity contribution >= 4 is 0 Å². The molecule has 0 amide bonds. The first-order valence-corrected chi connectivity index (χ1v) is 5.79. The summed E-state index contributed by atoms with van der Waals surface area (Å²) in [5.41, 5.74) is 2.77. The maximum Gasteiger partial charge on any atom is 0.387 e. The maximum atomic E-state index is 14.0. The van der Waals surface area contributed by atoms with E-state index in [9.17, 15) is 13.2 Å². The van der Waals surface area contributed by atoms with Crippen LogP contribution in [0.3, 0.4) is 0 Å². The summed E-state index contributed by atoms with van der Waals surface area (Å²) in [6.45, 7) is 0.776. The fourth-order valence-corrected chi connectivity index (χ4v) is 2.08. The van der Waals surface area contributed by atoms with E-state index in [1.54, 1.807) is 12.1 Å². The Morgan fingerprint density at radius 3 is 2.16 bits per heavy atom. The molecule has 0 radical (unpaired) electrons. The van der Waals surface area contributed by atoms with Gasteiger partial charge in [-0.15, -0.1) is 0 Å². The van der Waals surface area contributed by atoms with Crippen molar-refractivity contribution in [1.82, 2.24) is 0 Å². The first-order chi connectivity index (χ1) is 8.97. The van der Waals surface area contributed by atoms with Crippen molar-refractivity contribution in [2.75, 3.05) is 0 Å². The van der Waals surface area contributed by atoms with E-state index in [2.05, 4.69) is 4.74 Å². The molecule has 0 saturated carbocycles. The molecule has 0 N–H and O–H groups in total. The predicted molar refractivity (Wildman–Crippen MR) is 67.9 cm³/mol. The summed E-state index contributed by atoms with van der Waals surface area (Å²) in [5, 5.41) is 0. The Bertz CT molecular complexity index is 553. The van der Waals surface area contributed by atoms with E-state index >= 15 is 0 Å². The Hall–Kier alpha value is -1.97. The van der Waals surface area contributed by atoms with Gasteiger partial charge in [0.05, 0.1) is 0 Å². The molecule has 2 aromatic rings. The van der Waals surface area contributed by atoms with Crippen molar-refractivity contribution in [2.24, 2.45) is 0 Å². The zero-order valence-corrected chi connectivity index (χ0v) is 10.6. The summed E-state index contributed by atoms with van der Waals surface area (Å²) in [6, 6.07) is 9.27. The molecule has 4 heteroatoms. The number of ether oxygens (including phenoxy) is 1. The molecule has 0 aliphatic carbocycles. The number of hydrogen-bond acceptors (Lipinski definition) is 1. The van der Waals surface area contributed by atoms with Gasteiger partial charge >= 0.3 is 6.61 Å². The fraction of sp³-hybridized carbons (Fsp3) is 0.200. The predicted octanol–water partition coefficient (Wildman–Crippen LogP) is 4.71. The van der Waals surface area contributed by atoms with Crippen molar-refractivity contribution in [1.29, 1.82) is 0 Å². The van der Waals surface area contributed by atoms with E-state index < -0.39 is 6.61 Å². The van der Waals surface area contributed by atoms with Crippen LogP contribution in [0.4, 0.5) is 13.2 Å². The van der Waals surface area contributed by atoms with Crippen LogP contribution in [0.5, 0.6) is 5.75 Å². The van der Waals surface area contributed by atoms with Crippen molar-refractivity contribution in [2.45, 2.75) is 20.5 Å². The molecule has 0 aromatic heterocycles. The summed E-state index contributed by atoms with van der Waals surface area (Å²) >= 11 is 0. The number of aryl methyl sites for hydroxylation is 2. The third kappa shape index (κ3) is 3.08. The maximum absolute atomic E-state index is 14.0. The van der Waals surface area contributed by atoms with E-state index in [0.29, 0.717) is 11.1 Å². The molecular formula is C15H13F3O. The molecule has 0 fully saturated rings. The highest BCUT2D eigenvalue weighted by atomic mass is 19.3. The van der Waals surface area contributed by atoms with Crippen LogP contribution in [-0.4, -0.2) is 6.61 Å². The van der Waals surface area contributed by atoms with Gasteiger partial charge in [-0.25, -0.2) is 4.39 Å². The Morgan fingerprint density at radius 2 is 1.63 bits per heavy atom. The van der Waals surface area contributed by atoms with Gasteiger partial charge < -0.3 is 4.74 Å². The zero-order valence-electron chi connectivity index (χ0n) is 10.6. The molecule has 2 rings (SSSR count). The SMILES string of the molecule is Cc1cc(C)c(-c2ccc(OC(F)F)cc2)c(F)c1. The second-order valence-electron chi connectivity index (χ2n) is 4.34. The largest absolute Gasteiger partial charge is 0.435 e. The van der Waals surface area contributed by atoms with Gasteiger partial charge in [0.2, 0.25) is 0 Å². The molecule has 0 spiro atoms. The molecule has 0 aliphatic heterocycles. The summed E-state index contributed by atoms with van der Waals surface area (Å²) in [4.78, 5) is 0. The van der Waals surface area contributed by atoms with Crippen LogP contribution in [-0.2, 0) is 0 Å². The van der Waals surface area contributed by atoms with E-state index in [-0.39, 0.29) is 11.6 Å². The standard InChI is InChI=1S/C15H13F3O/c1-9-7-10(2)14(13(16)8-9)11-3-5-12(6-4-11)19-15(17)18/h3-8,15H,1-2H3. The lowest BCUT2D eigenvalue weighted by molar-refractivity contribution is -0.0498. The van der Waals surface area contributed by atoms with Crippen molar-refractivity contribution in [3.05, 3.63) is 53.3 Å². The van der Waals surface area contributed by atoms with Crippen LogP contribution in [0.25, 0.3) is 11.1 Å². The number of hydrogen-bond donors (Lipinski definition) is 0. The highest BCUT2D eigenvalue weighted by molar-refractivity contribution is 5.68. The molecule has 0 unspecified atom stereocenters. The summed E-state index contributed by atoms with van der Waals surface area (Å²) in [6.07, 6.45) is 0. The minimum Gasteiger partial charge on any atom is -0.435 e. The first-order valence-electron chi connectivity index (χ1n) is 5.79. The molecule has 0 saturated heterocycles. The van der Waals surface area contributed by atoms with Crippen LogP contribution >= 0.6 is 0 Å². The zero-order chi connectivity index (χ0) is 14.0.